The van der Waals surface area contributed by atoms with Crippen molar-refractivity contribution in [2.24, 2.45) is 5.41 Å². The minimum Gasteiger partial charge on any atom is -0.339 e. The monoisotopic (exact) mass is 341 g/mol. The van der Waals surface area contributed by atoms with Crippen LogP contribution in [0.25, 0.3) is 0 Å². The first-order valence-electron chi connectivity index (χ1n) is 6.67. The lowest BCUT2D eigenvalue weighted by Gasteiger charge is -2.23. The van der Waals surface area contributed by atoms with Crippen LogP contribution in [0.1, 0.15) is 43.5 Å². The zero-order chi connectivity index (χ0) is 14.0. The molecule has 0 saturated carbocycles. The van der Waals surface area contributed by atoms with Crippen LogP contribution in [0.5, 0.6) is 0 Å². The van der Waals surface area contributed by atoms with E-state index in [2.05, 4.69) is 42.4 Å². The van der Waals surface area contributed by atoms with E-state index in [9.17, 15) is 4.79 Å². The Morgan fingerprint density at radius 1 is 1.32 bits per heavy atom. The third-order valence-electron chi connectivity index (χ3n) is 3.82. The first-order chi connectivity index (χ1) is 8.89. The Labute approximate surface area is 129 Å². The molecule has 4 heteroatoms. The number of carbonyl (C=O) groups excluding carboxylic acids is 1. The van der Waals surface area contributed by atoms with Gasteiger partial charge in [-0.25, -0.2) is 0 Å². The van der Waals surface area contributed by atoms with Crippen molar-refractivity contribution in [1.82, 2.24) is 4.90 Å². The summed E-state index contributed by atoms with van der Waals surface area (Å²) in [7, 11) is 0. The number of hydrogen-bond donors (Lipinski definition) is 1. The van der Waals surface area contributed by atoms with Gasteiger partial charge in [0.15, 0.2) is 0 Å². The summed E-state index contributed by atoms with van der Waals surface area (Å²) >= 11 is 7.81. The van der Waals surface area contributed by atoms with Gasteiger partial charge < -0.3 is 4.90 Å². The maximum atomic E-state index is 12.6. The van der Waals surface area contributed by atoms with Gasteiger partial charge in [-0.15, -0.1) is 12.6 Å². The Morgan fingerprint density at radius 3 is 2.74 bits per heavy atom. The van der Waals surface area contributed by atoms with E-state index in [1.807, 2.05) is 23.1 Å². The van der Waals surface area contributed by atoms with E-state index in [0.717, 1.165) is 35.3 Å². The molecule has 0 spiro atoms. The molecule has 2 nitrogen and oxygen atoms in total. The van der Waals surface area contributed by atoms with Gasteiger partial charge >= 0.3 is 0 Å². The van der Waals surface area contributed by atoms with Crippen LogP contribution in [0.15, 0.2) is 27.6 Å². The molecule has 0 unspecified atom stereocenters. The highest BCUT2D eigenvalue weighted by Gasteiger charge is 2.26. The summed E-state index contributed by atoms with van der Waals surface area (Å²) in [6, 6.07) is 5.62. The Balaban J connectivity index is 2.15. The van der Waals surface area contributed by atoms with Crippen molar-refractivity contribution in [2.45, 2.75) is 38.0 Å². The molecule has 1 aromatic rings. The molecule has 19 heavy (non-hydrogen) atoms. The molecule has 1 aromatic carbocycles. The standard InChI is InChI=1S/C15H20BrNOS/c1-15(2)6-3-8-17(9-7-15)14(18)12-5-4-11(16)10-13(12)19/h4-5,10,19H,3,6-9H2,1-2H3. The zero-order valence-corrected chi connectivity index (χ0v) is 13.9. The average molecular weight is 342 g/mol. The van der Waals surface area contributed by atoms with Gasteiger partial charge in [-0.2, -0.15) is 0 Å². The molecular weight excluding hydrogens is 322 g/mol. The molecule has 0 bridgehead atoms. The third-order valence-corrected chi connectivity index (χ3v) is 4.68. The van der Waals surface area contributed by atoms with E-state index in [0.29, 0.717) is 11.0 Å². The Bertz CT molecular complexity index is 487. The van der Waals surface area contributed by atoms with E-state index >= 15 is 0 Å². The first-order valence-corrected chi connectivity index (χ1v) is 7.91. The van der Waals surface area contributed by atoms with Crippen LogP contribution in [0.2, 0.25) is 0 Å². The van der Waals surface area contributed by atoms with E-state index in [1.54, 1.807) is 0 Å². The van der Waals surface area contributed by atoms with E-state index in [4.69, 9.17) is 0 Å². The second-order valence-electron chi connectivity index (χ2n) is 5.97. The molecule has 0 radical (unpaired) electrons. The fourth-order valence-electron chi connectivity index (χ4n) is 2.48. The fraction of sp³-hybridized carbons (Fsp3) is 0.533. The molecule has 0 aromatic heterocycles. The molecule has 0 aliphatic carbocycles. The largest absolute Gasteiger partial charge is 0.339 e. The second-order valence-corrected chi connectivity index (χ2v) is 7.37. The number of halogens is 1. The SMILES string of the molecule is CC1(C)CCCN(C(=O)c2ccc(Br)cc2S)CC1. The van der Waals surface area contributed by atoms with Crippen LogP contribution in [0, 0.1) is 5.41 Å². The van der Waals surface area contributed by atoms with Gasteiger partial charge in [-0.3, -0.25) is 4.79 Å². The maximum Gasteiger partial charge on any atom is 0.254 e. The highest BCUT2D eigenvalue weighted by atomic mass is 79.9. The van der Waals surface area contributed by atoms with E-state index in [1.165, 1.54) is 6.42 Å². The summed E-state index contributed by atoms with van der Waals surface area (Å²) in [6.45, 7) is 6.26. The van der Waals surface area contributed by atoms with Crippen molar-refractivity contribution in [3.8, 4) is 0 Å². The van der Waals surface area contributed by atoms with Crippen molar-refractivity contribution in [3.63, 3.8) is 0 Å². The van der Waals surface area contributed by atoms with Gasteiger partial charge in [0.05, 0.1) is 5.56 Å². The maximum absolute atomic E-state index is 12.6. The lowest BCUT2D eigenvalue weighted by atomic mass is 9.85. The molecule has 1 aliphatic rings. The smallest absolute Gasteiger partial charge is 0.254 e. The summed E-state index contributed by atoms with van der Waals surface area (Å²) in [5, 5.41) is 0. The van der Waals surface area contributed by atoms with Gasteiger partial charge in [0.2, 0.25) is 0 Å². The Morgan fingerprint density at radius 2 is 2.05 bits per heavy atom. The second kappa shape index (κ2) is 5.88. The van der Waals surface area contributed by atoms with Gasteiger partial charge in [0, 0.05) is 22.5 Å². The zero-order valence-electron chi connectivity index (χ0n) is 11.4. The predicted molar refractivity (Wildman–Crippen MR) is 84.9 cm³/mol. The third kappa shape index (κ3) is 3.76. The van der Waals surface area contributed by atoms with Gasteiger partial charge in [0.1, 0.15) is 0 Å². The van der Waals surface area contributed by atoms with Crippen molar-refractivity contribution in [2.75, 3.05) is 13.1 Å². The number of benzene rings is 1. The van der Waals surface area contributed by atoms with Crippen LogP contribution in [-0.4, -0.2) is 23.9 Å². The van der Waals surface area contributed by atoms with Gasteiger partial charge in [-0.1, -0.05) is 29.8 Å². The quantitative estimate of drug-likeness (QED) is 0.751. The van der Waals surface area contributed by atoms with Crippen molar-refractivity contribution < 1.29 is 4.79 Å². The number of amides is 1. The minimum absolute atomic E-state index is 0.107. The molecular formula is C15H20BrNOS. The first kappa shape index (κ1) is 14.9. The summed E-state index contributed by atoms with van der Waals surface area (Å²) in [5.41, 5.74) is 1.05. The number of hydrogen-bond acceptors (Lipinski definition) is 2. The van der Waals surface area contributed by atoms with Crippen LogP contribution < -0.4 is 0 Å². The predicted octanol–water partition coefficient (Wildman–Crippen LogP) is 4.39. The number of rotatable bonds is 1. The highest BCUT2D eigenvalue weighted by Crippen LogP contribution is 2.31. The van der Waals surface area contributed by atoms with Crippen LogP contribution in [0.3, 0.4) is 0 Å². The van der Waals surface area contributed by atoms with Gasteiger partial charge in [0.25, 0.3) is 5.91 Å². The number of likely N-dealkylation sites (tertiary alicyclic amines) is 1. The molecule has 1 fully saturated rings. The molecule has 2 rings (SSSR count). The van der Waals surface area contributed by atoms with Crippen LogP contribution in [0.4, 0.5) is 0 Å². The Kier molecular flexibility index (Phi) is 4.62. The molecule has 104 valence electrons. The molecule has 0 atom stereocenters. The summed E-state index contributed by atoms with van der Waals surface area (Å²) in [4.78, 5) is 15.3. The van der Waals surface area contributed by atoms with Crippen LogP contribution in [-0.2, 0) is 0 Å². The molecule has 1 saturated heterocycles. The normalized spacial score (nSPS) is 19.1. The number of carbonyl (C=O) groups is 1. The molecule has 1 amide bonds. The summed E-state index contributed by atoms with van der Waals surface area (Å²) in [6.07, 6.45) is 3.33. The number of thiol groups is 1. The summed E-state index contributed by atoms with van der Waals surface area (Å²) in [5.74, 6) is 0.107. The van der Waals surface area contributed by atoms with Gasteiger partial charge in [-0.05, 0) is 42.9 Å². The van der Waals surface area contributed by atoms with Crippen molar-refractivity contribution in [1.29, 1.82) is 0 Å². The average Bonchev–Trinajstić information content (AvgIpc) is 2.49. The minimum atomic E-state index is 0.107. The Hall–Kier alpha value is -0.480. The van der Waals surface area contributed by atoms with Crippen molar-refractivity contribution >= 4 is 34.5 Å². The van der Waals surface area contributed by atoms with Crippen LogP contribution >= 0.6 is 28.6 Å². The lowest BCUT2D eigenvalue weighted by molar-refractivity contribution is 0.0754. The fourth-order valence-corrected chi connectivity index (χ4v) is 3.33. The molecule has 0 N–H and O–H groups in total. The molecule has 1 aliphatic heterocycles. The van der Waals surface area contributed by atoms with Crippen molar-refractivity contribution in [3.05, 3.63) is 28.2 Å². The van der Waals surface area contributed by atoms with E-state index < -0.39 is 0 Å². The van der Waals surface area contributed by atoms with E-state index in [-0.39, 0.29) is 5.91 Å². The highest BCUT2D eigenvalue weighted by molar-refractivity contribution is 9.10. The topological polar surface area (TPSA) is 20.3 Å². The summed E-state index contributed by atoms with van der Waals surface area (Å²) < 4.78 is 0.950. The number of nitrogens with zero attached hydrogens (tertiary/aromatic N) is 1. The lowest BCUT2D eigenvalue weighted by Crippen LogP contribution is -2.32. The molecule has 1 heterocycles.